The number of halogens is 1. The van der Waals surface area contributed by atoms with Crippen molar-refractivity contribution in [1.29, 1.82) is 0 Å². The summed E-state index contributed by atoms with van der Waals surface area (Å²) >= 11 is 4.50. The molecule has 1 aliphatic rings. The van der Waals surface area contributed by atoms with Crippen LogP contribution in [0.15, 0.2) is 14.1 Å². The van der Waals surface area contributed by atoms with Crippen molar-refractivity contribution in [2.75, 3.05) is 13.1 Å². The first-order valence-corrected chi connectivity index (χ1v) is 8.42. The summed E-state index contributed by atoms with van der Waals surface area (Å²) in [4.78, 5) is 11.1. The van der Waals surface area contributed by atoms with Crippen LogP contribution in [0.4, 0.5) is 0 Å². The summed E-state index contributed by atoms with van der Waals surface area (Å²) in [6.45, 7) is 2.38. The molecule has 1 aromatic rings. The van der Waals surface area contributed by atoms with E-state index in [1.54, 1.807) is 6.07 Å². The molecule has 1 amide bonds. The van der Waals surface area contributed by atoms with Gasteiger partial charge in [0.1, 0.15) is 4.21 Å². The van der Waals surface area contributed by atoms with E-state index in [1.807, 2.05) is 6.92 Å². The number of hydrogen-bond donors (Lipinski definition) is 1. The Kier molecular flexibility index (Phi) is 3.82. The molecular weight excluding hydrogens is 340 g/mol. The number of carbonyl (C=O) groups is 1. The molecule has 1 saturated heterocycles. The Balaban J connectivity index is 2.25. The minimum Gasteiger partial charge on any atom is -0.369 e. The Morgan fingerprint density at radius 3 is 2.72 bits per heavy atom. The molecule has 1 aliphatic heterocycles. The number of rotatable bonds is 3. The van der Waals surface area contributed by atoms with Crippen LogP contribution in [0.1, 0.15) is 12.0 Å². The maximum Gasteiger partial charge on any atom is 0.252 e. The second-order valence-electron chi connectivity index (χ2n) is 4.27. The van der Waals surface area contributed by atoms with Gasteiger partial charge in [-0.15, -0.1) is 11.3 Å². The van der Waals surface area contributed by atoms with Crippen molar-refractivity contribution in [3.63, 3.8) is 0 Å². The summed E-state index contributed by atoms with van der Waals surface area (Å²) in [5, 5.41) is 0. The van der Waals surface area contributed by atoms with Gasteiger partial charge in [-0.05, 0) is 40.9 Å². The standard InChI is InChI=1S/C10H13BrN2O3S2/c1-6-4-8(17-9(6)11)18(15,16)13-3-2-7(5-13)10(12)14/h4,7H,2-3,5H2,1H3,(H2,12,14). The smallest absolute Gasteiger partial charge is 0.252 e. The minimum atomic E-state index is -3.49. The molecule has 0 radical (unpaired) electrons. The average Bonchev–Trinajstić information content (AvgIpc) is 2.87. The number of primary amides is 1. The second kappa shape index (κ2) is 4.92. The van der Waals surface area contributed by atoms with E-state index in [0.29, 0.717) is 17.2 Å². The van der Waals surface area contributed by atoms with E-state index < -0.39 is 15.9 Å². The molecule has 5 nitrogen and oxygen atoms in total. The van der Waals surface area contributed by atoms with Gasteiger partial charge in [0.05, 0.1) is 9.70 Å². The Hall–Kier alpha value is -0.440. The zero-order valence-corrected chi connectivity index (χ0v) is 12.9. The number of hydrogen-bond acceptors (Lipinski definition) is 4. The van der Waals surface area contributed by atoms with E-state index in [2.05, 4.69) is 15.9 Å². The van der Waals surface area contributed by atoms with Crippen molar-refractivity contribution in [3.05, 3.63) is 15.4 Å². The molecule has 0 aromatic carbocycles. The lowest BCUT2D eigenvalue weighted by molar-refractivity contribution is -0.121. The molecule has 1 aromatic heterocycles. The van der Waals surface area contributed by atoms with Gasteiger partial charge in [0, 0.05) is 13.1 Å². The Bertz CT molecular complexity index is 562. The van der Waals surface area contributed by atoms with Gasteiger partial charge in [0.25, 0.3) is 10.0 Å². The molecule has 0 bridgehead atoms. The van der Waals surface area contributed by atoms with Crippen LogP contribution in [-0.2, 0) is 14.8 Å². The zero-order chi connectivity index (χ0) is 13.5. The highest BCUT2D eigenvalue weighted by molar-refractivity contribution is 9.11. The number of thiophene rings is 1. The highest BCUT2D eigenvalue weighted by Crippen LogP contribution is 2.34. The predicted molar refractivity (Wildman–Crippen MR) is 72.8 cm³/mol. The highest BCUT2D eigenvalue weighted by Gasteiger charge is 2.35. The molecule has 1 atom stereocenters. The molecule has 2 heterocycles. The van der Waals surface area contributed by atoms with Crippen LogP contribution < -0.4 is 5.73 Å². The van der Waals surface area contributed by atoms with Gasteiger partial charge >= 0.3 is 0 Å². The normalized spacial score (nSPS) is 21.3. The van der Waals surface area contributed by atoms with E-state index >= 15 is 0 Å². The second-order valence-corrected chi connectivity index (χ2v) is 8.81. The molecule has 0 spiro atoms. The fourth-order valence-corrected chi connectivity index (χ4v) is 5.75. The third-order valence-electron chi connectivity index (χ3n) is 2.98. The van der Waals surface area contributed by atoms with E-state index in [4.69, 9.17) is 5.73 Å². The molecule has 100 valence electrons. The topological polar surface area (TPSA) is 80.5 Å². The molecule has 0 aliphatic carbocycles. The molecule has 8 heteroatoms. The molecule has 1 fully saturated rings. The average molecular weight is 353 g/mol. The van der Waals surface area contributed by atoms with Crippen molar-refractivity contribution < 1.29 is 13.2 Å². The van der Waals surface area contributed by atoms with Crippen molar-refractivity contribution in [2.24, 2.45) is 11.7 Å². The van der Waals surface area contributed by atoms with Crippen LogP contribution >= 0.6 is 27.3 Å². The Morgan fingerprint density at radius 1 is 1.61 bits per heavy atom. The van der Waals surface area contributed by atoms with E-state index in [1.165, 1.54) is 15.6 Å². The zero-order valence-electron chi connectivity index (χ0n) is 9.72. The third kappa shape index (κ3) is 2.47. The number of nitrogens with two attached hydrogens (primary N) is 1. The van der Waals surface area contributed by atoms with E-state index in [0.717, 1.165) is 9.35 Å². The maximum atomic E-state index is 12.3. The van der Waals surface area contributed by atoms with E-state index in [9.17, 15) is 13.2 Å². The number of carbonyl (C=O) groups excluding carboxylic acids is 1. The summed E-state index contributed by atoms with van der Waals surface area (Å²) in [7, 11) is -3.49. The lowest BCUT2D eigenvalue weighted by Gasteiger charge is -2.14. The lowest BCUT2D eigenvalue weighted by Crippen LogP contribution is -2.31. The van der Waals surface area contributed by atoms with Crippen LogP contribution in [0.3, 0.4) is 0 Å². The number of sulfonamides is 1. The molecule has 1 unspecified atom stereocenters. The van der Waals surface area contributed by atoms with Crippen molar-refractivity contribution in [3.8, 4) is 0 Å². The number of aryl methyl sites for hydroxylation is 1. The first-order chi connectivity index (χ1) is 8.32. The van der Waals surface area contributed by atoms with Gasteiger partial charge in [-0.25, -0.2) is 8.42 Å². The first kappa shape index (κ1) is 14.0. The van der Waals surface area contributed by atoms with Crippen molar-refractivity contribution in [2.45, 2.75) is 17.6 Å². The summed E-state index contributed by atoms with van der Waals surface area (Å²) in [5.74, 6) is -0.805. The summed E-state index contributed by atoms with van der Waals surface area (Å²) in [6, 6.07) is 1.64. The summed E-state index contributed by atoms with van der Waals surface area (Å²) in [6.07, 6.45) is 0.500. The SMILES string of the molecule is Cc1cc(S(=O)(=O)N2CCC(C(N)=O)C2)sc1Br. The summed E-state index contributed by atoms with van der Waals surface area (Å²) in [5.41, 5.74) is 6.10. The monoisotopic (exact) mass is 352 g/mol. The quantitative estimate of drug-likeness (QED) is 0.890. The van der Waals surface area contributed by atoms with Crippen molar-refractivity contribution in [1.82, 2.24) is 4.31 Å². The van der Waals surface area contributed by atoms with Crippen molar-refractivity contribution >= 4 is 43.2 Å². The fourth-order valence-electron chi connectivity index (χ4n) is 1.86. The van der Waals surface area contributed by atoms with Gasteiger partial charge < -0.3 is 5.73 Å². The van der Waals surface area contributed by atoms with E-state index in [-0.39, 0.29) is 12.5 Å². The fraction of sp³-hybridized carbons (Fsp3) is 0.500. The predicted octanol–water partition coefficient (Wildman–Crippen LogP) is 1.31. The van der Waals surface area contributed by atoms with Crippen LogP contribution in [-0.4, -0.2) is 31.7 Å². The molecule has 2 N–H and O–H groups in total. The first-order valence-electron chi connectivity index (χ1n) is 5.38. The minimum absolute atomic E-state index is 0.187. The van der Waals surface area contributed by atoms with Crippen LogP contribution in [0.2, 0.25) is 0 Å². The highest BCUT2D eigenvalue weighted by atomic mass is 79.9. The van der Waals surface area contributed by atoms with Gasteiger partial charge in [0.15, 0.2) is 0 Å². The van der Waals surface area contributed by atoms with Crippen LogP contribution in [0.25, 0.3) is 0 Å². The third-order valence-corrected chi connectivity index (χ3v) is 7.43. The number of amides is 1. The van der Waals surface area contributed by atoms with Gasteiger partial charge in [-0.3, -0.25) is 4.79 Å². The Morgan fingerprint density at radius 2 is 2.28 bits per heavy atom. The Labute approximate surface area is 118 Å². The van der Waals surface area contributed by atoms with Gasteiger partial charge in [-0.1, -0.05) is 0 Å². The number of nitrogens with zero attached hydrogens (tertiary/aromatic N) is 1. The summed E-state index contributed by atoms with van der Waals surface area (Å²) < 4.78 is 27.1. The lowest BCUT2D eigenvalue weighted by atomic mass is 10.1. The van der Waals surface area contributed by atoms with Gasteiger partial charge in [-0.2, -0.15) is 4.31 Å². The molecule has 2 rings (SSSR count). The molecule has 18 heavy (non-hydrogen) atoms. The molecular formula is C10H13BrN2O3S2. The van der Waals surface area contributed by atoms with Gasteiger partial charge in [0.2, 0.25) is 5.91 Å². The maximum absolute atomic E-state index is 12.3. The largest absolute Gasteiger partial charge is 0.369 e. The van der Waals surface area contributed by atoms with Crippen LogP contribution in [0, 0.1) is 12.8 Å². The van der Waals surface area contributed by atoms with Crippen LogP contribution in [0.5, 0.6) is 0 Å². The molecule has 0 saturated carbocycles.